The Balaban J connectivity index is 1.61. The molecule has 0 bridgehead atoms. The van der Waals surface area contributed by atoms with E-state index in [9.17, 15) is 24.1 Å². The molecule has 0 amide bonds. The summed E-state index contributed by atoms with van der Waals surface area (Å²) in [4.78, 5) is 42.0. The third kappa shape index (κ3) is 4.93. The molecule has 0 saturated heterocycles. The molecular weight excluding hydrogens is 549 g/mol. The normalized spacial score (nSPS) is 15.2. The summed E-state index contributed by atoms with van der Waals surface area (Å²) in [5.41, 5.74) is 0.855. The number of benzene rings is 2. The Labute approximate surface area is 228 Å². The molecule has 0 radical (unpaired) electrons. The highest BCUT2D eigenvalue weighted by Crippen LogP contribution is 2.32. The fraction of sp³-hybridized carbons (Fsp3) is 0.148. The molecule has 198 valence electrons. The molecule has 0 N–H and O–H groups in total. The molecule has 0 unspecified atom stereocenters. The van der Waals surface area contributed by atoms with E-state index in [1.54, 1.807) is 32.0 Å². The lowest BCUT2D eigenvalue weighted by atomic mass is 9.96. The summed E-state index contributed by atoms with van der Waals surface area (Å²) in [6, 6.07) is 12.2. The molecule has 1 aliphatic rings. The molecule has 0 spiro atoms. The average molecular weight is 568 g/mol. The van der Waals surface area contributed by atoms with Crippen molar-refractivity contribution >= 4 is 40.7 Å². The minimum Gasteiger partial charge on any atom is -0.463 e. The van der Waals surface area contributed by atoms with E-state index in [0.29, 0.717) is 33.1 Å². The van der Waals surface area contributed by atoms with E-state index in [1.165, 1.54) is 47.0 Å². The van der Waals surface area contributed by atoms with Crippen LogP contribution in [-0.2, 0) is 9.53 Å². The maximum atomic E-state index is 13.7. The molecule has 4 aromatic rings. The van der Waals surface area contributed by atoms with Gasteiger partial charge in [-0.1, -0.05) is 35.1 Å². The standard InChI is InChI=1S/C27H19ClFN3O6S/c1-3-37-26(34)23-14(2)30-27-31(24(23)15-4-7-17(29)8-5-15)25(33)22(39-27)13-18-9-11-21(38-18)16-6-10-19(28)20(12-16)32(35)36/h4-13,24H,3H2,1-2H3/b22-13-/t24-/m1/s1. The van der Waals surface area contributed by atoms with Gasteiger partial charge in [-0.3, -0.25) is 19.5 Å². The summed E-state index contributed by atoms with van der Waals surface area (Å²) >= 11 is 7.01. The van der Waals surface area contributed by atoms with Gasteiger partial charge in [-0.2, -0.15) is 0 Å². The number of nitro groups is 1. The van der Waals surface area contributed by atoms with Gasteiger partial charge < -0.3 is 9.15 Å². The fourth-order valence-electron chi connectivity index (χ4n) is 4.27. The number of carbonyl (C=O) groups is 1. The number of ether oxygens (including phenoxy) is 1. The van der Waals surface area contributed by atoms with E-state index in [-0.39, 0.29) is 27.4 Å². The van der Waals surface area contributed by atoms with Gasteiger partial charge in [-0.25, -0.2) is 14.2 Å². The van der Waals surface area contributed by atoms with Crippen molar-refractivity contribution in [2.24, 2.45) is 4.99 Å². The topological polar surface area (TPSA) is 117 Å². The van der Waals surface area contributed by atoms with Crippen LogP contribution in [0.4, 0.5) is 10.1 Å². The first-order valence-electron chi connectivity index (χ1n) is 11.7. The van der Waals surface area contributed by atoms with Gasteiger partial charge >= 0.3 is 5.97 Å². The first-order valence-corrected chi connectivity index (χ1v) is 12.9. The average Bonchev–Trinajstić information content (AvgIpc) is 3.48. The number of hydrogen-bond acceptors (Lipinski definition) is 8. The first-order chi connectivity index (χ1) is 18.7. The van der Waals surface area contributed by atoms with Crippen molar-refractivity contribution in [3.8, 4) is 11.3 Å². The van der Waals surface area contributed by atoms with Crippen LogP contribution in [0.25, 0.3) is 17.4 Å². The van der Waals surface area contributed by atoms with Gasteiger partial charge in [0.05, 0.1) is 33.4 Å². The zero-order chi connectivity index (χ0) is 27.8. The molecule has 5 rings (SSSR count). The molecule has 3 heterocycles. The Kier molecular flexibility index (Phi) is 7.02. The number of hydrogen-bond donors (Lipinski definition) is 0. The molecular formula is C27H19ClFN3O6S. The van der Waals surface area contributed by atoms with E-state index in [4.69, 9.17) is 20.8 Å². The van der Waals surface area contributed by atoms with Crippen LogP contribution in [0, 0.1) is 15.9 Å². The summed E-state index contributed by atoms with van der Waals surface area (Å²) in [5.74, 6) is -0.398. The van der Waals surface area contributed by atoms with Crippen LogP contribution in [0.3, 0.4) is 0 Å². The number of aromatic nitrogens is 1. The Bertz CT molecular complexity index is 1840. The lowest BCUT2D eigenvalue weighted by Crippen LogP contribution is -2.39. The zero-order valence-corrected chi connectivity index (χ0v) is 22.1. The number of halogens is 2. The van der Waals surface area contributed by atoms with Crippen LogP contribution >= 0.6 is 22.9 Å². The Morgan fingerprint density at radius 3 is 2.69 bits per heavy atom. The molecule has 39 heavy (non-hydrogen) atoms. The number of nitrogens with zero attached hydrogens (tertiary/aromatic N) is 3. The lowest BCUT2D eigenvalue weighted by molar-refractivity contribution is -0.384. The Morgan fingerprint density at radius 1 is 1.26 bits per heavy atom. The highest BCUT2D eigenvalue weighted by atomic mass is 35.5. The minimum atomic E-state index is -0.871. The van der Waals surface area contributed by atoms with Crippen LogP contribution < -0.4 is 14.9 Å². The largest absolute Gasteiger partial charge is 0.463 e. The number of esters is 1. The summed E-state index contributed by atoms with van der Waals surface area (Å²) in [7, 11) is 0. The third-order valence-electron chi connectivity index (χ3n) is 6.03. The number of furan rings is 1. The number of fused-ring (bicyclic) bond motifs is 1. The SMILES string of the molecule is CCOC(=O)C1=C(C)N=c2s/c(=C\c3ccc(-c4ccc(Cl)c([N+](=O)[O-])c4)o3)c(=O)n2[C@@H]1c1ccc(F)cc1. The van der Waals surface area contributed by atoms with Gasteiger partial charge in [-0.05, 0) is 55.8 Å². The molecule has 0 saturated carbocycles. The predicted molar refractivity (Wildman–Crippen MR) is 143 cm³/mol. The van der Waals surface area contributed by atoms with Gasteiger partial charge in [0, 0.05) is 17.7 Å². The van der Waals surface area contributed by atoms with Crippen molar-refractivity contribution in [2.45, 2.75) is 19.9 Å². The quantitative estimate of drug-likeness (QED) is 0.188. The van der Waals surface area contributed by atoms with Crippen LogP contribution in [0.15, 0.2) is 80.1 Å². The number of carbonyl (C=O) groups excluding carboxylic acids is 1. The second kappa shape index (κ2) is 10.4. The smallest absolute Gasteiger partial charge is 0.338 e. The van der Waals surface area contributed by atoms with Crippen molar-refractivity contribution in [1.82, 2.24) is 4.57 Å². The summed E-state index contributed by atoms with van der Waals surface area (Å²) < 4.78 is 26.5. The molecule has 0 aliphatic carbocycles. The van der Waals surface area contributed by atoms with Crippen LogP contribution in [0.1, 0.15) is 31.2 Å². The predicted octanol–water partition coefficient (Wildman–Crippen LogP) is 4.76. The van der Waals surface area contributed by atoms with E-state index in [0.717, 1.165) is 11.3 Å². The maximum Gasteiger partial charge on any atom is 0.338 e. The molecule has 0 fully saturated rings. The van der Waals surface area contributed by atoms with E-state index < -0.39 is 28.3 Å². The highest BCUT2D eigenvalue weighted by Gasteiger charge is 2.33. The van der Waals surface area contributed by atoms with Gasteiger partial charge in [0.25, 0.3) is 11.2 Å². The lowest BCUT2D eigenvalue weighted by Gasteiger charge is -2.24. The summed E-state index contributed by atoms with van der Waals surface area (Å²) in [5, 5.41) is 11.2. The second-order valence-electron chi connectivity index (χ2n) is 8.48. The van der Waals surface area contributed by atoms with E-state index >= 15 is 0 Å². The summed E-state index contributed by atoms with van der Waals surface area (Å²) in [6.45, 7) is 3.47. The van der Waals surface area contributed by atoms with Crippen LogP contribution in [0.2, 0.25) is 5.02 Å². The molecule has 1 aliphatic heterocycles. The van der Waals surface area contributed by atoms with Crippen molar-refractivity contribution in [3.63, 3.8) is 0 Å². The van der Waals surface area contributed by atoms with Gasteiger partial charge in [0.15, 0.2) is 4.80 Å². The van der Waals surface area contributed by atoms with E-state index in [1.807, 2.05) is 0 Å². The maximum absolute atomic E-state index is 13.7. The van der Waals surface area contributed by atoms with Gasteiger partial charge in [0.2, 0.25) is 0 Å². The molecule has 2 aromatic heterocycles. The second-order valence-corrected chi connectivity index (χ2v) is 9.90. The third-order valence-corrected chi connectivity index (χ3v) is 7.33. The Hall–Kier alpha value is -4.35. The monoisotopic (exact) mass is 567 g/mol. The zero-order valence-electron chi connectivity index (χ0n) is 20.5. The van der Waals surface area contributed by atoms with Crippen molar-refractivity contribution < 1.29 is 23.3 Å². The van der Waals surface area contributed by atoms with E-state index in [2.05, 4.69) is 4.99 Å². The van der Waals surface area contributed by atoms with Crippen LogP contribution in [-0.4, -0.2) is 22.1 Å². The summed E-state index contributed by atoms with van der Waals surface area (Å²) in [6.07, 6.45) is 1.53. The fourth-order valence-corrected chi connectivity index (χ4v) is 5.49. The molecule has 9 nitrogen and oxygen atoms in total. The molecule has 2 aromatic carbocycles. The first kappa shape index (κ1) is 26.3. The number of thiazole rings is 1. The number of nitro benzene ring substituents is 1. The number of allylic oxidation sites excluding steroid dienone is 1. The van der Waals surface area contributed by atoms with Crippen molar-refractivity contribution in [2.75, 3.05) is 6.61 Å². The van der Waals surface area contributed by atoms with Gasteiger partial charge in [0.1, 0.15) is 22.4 Å². The van der Waals surface area contributed by atoms with Crippen molar-refractivity contribution in [1.29, 1.82) is 0 Å². The highest BCUT2D eigenvalue weighted by molar-refractivity contribution is 7.07. The van der Waals surface area contributed by atoms with Crippen molar-refractivity contribution in [3.05, 3.63) is 118 Å². The van der Waals surface area contributed by atoms with Crippen LogP contribution in [0.5, 0.6) is 0 Å². The Morgan fingerprint density at radius 2 is 2.00 bits per heavy atom. The molecule has 1 atom stereocenters. The number of rotatable bonds is 6. The molecule has 12 heteroatoms. The van der Waals surface area contributed by atoms with Gasteiger partial charge in [-0.15, -0.1) is 0 Å². The minimum absolute atomic E-state index is 0.00447.